The third-order valence-electron chi connectivity index (χ3n) is 4.72. The second kappa shape index (κ2) is 10.2. The van der Waals surface area contributed by atoms with Gasteiger partial charge in [0.15, 0.2) is 6.61 Å². The van der Waals surface area contributed by atoms with Crippen LogP contribution in [0.3, 0.4) is 0 Å². The van der Waals surface area contributed by atoms with Crippen LogP contribution in [0.15, 0.2) is 47.4 Å². The predicted octanol–water partition coefficient (Wildman–Crippen LogP) is 5.14. The first-order valence-corrected chi connectivity index (χ1v) is 10.8. The van der Waals surface area contributed by atoms with Crippen molar-refractivity contribution < 1.29 is 19.1 Å². The van der Waals surface area contributed by atoms with E-state index in [2.05, 4.69) is 19.9 Å². The molecule has 31 heavy (non-hydrogen) atoms. The highest BCUT2D eigenvalue weighted by molar-refractivity contribution is 8.18. The van der Waals surface area contributed by atoms with Crippen molar-refractivity contribution in [1.29, 1.82) is 5.26 Å². The topological polar surface area (TPSA) is 79.6 Å². The van der Waals surface area contributed by atoms with Gasteiger partial charge >= 0.3 is 0 Å². The summed E-state index contributed by atoms with van der Waals surface area (Å²) >= 11 is 0.920. The maximum Gasteiger partial charge on any atom is 0.293 e. The van der Waals surface area contributed by atoms with Gasteiger partial charge < -0.3 is 9.47 Å². The molecular weight excluding hydrogens is 412 g/mol. The van der Waals surface area contributed by atoms with Gasteiger partial charge in [-0.1, -0.05) is 38.1 Å². The van der Waals surface area contributed by atoms with E-state index in [1.807, 2.05) is 25.1 Å². The summed E-state index contributed by atoms with van der Waals surface area (Å²) in [5, 5.41) is 8.25. The standard InChI is InChI=1S/C24H24N2O4S/c1-16(2)20-9-4-17(3)14-21(20)30-13-11-26-23(27)22(31-24(26)28)15-18-5-7-19(8-6-18)29-12-10-25/h4-9,14-16H,11-13H2,1-3H3/b22-15-. The first kappa shape index (κ1) is 22.4. The predicted molar refractivity (Wildman–Crippen MR) is 121 cm³/mol. The number of ether oxygens (including phenoxy) is 2. The Kier molecular flexibility index (Phi) is 7.37. The fourth-order valence-electron chi connectivity index (χ4n) is 3.11. The maximum absolute atomic E-state index is 12.7. The van der Waals surface area contributed by atoms with Gasteiger partial charge in [-0.05, 0) is 65.6 Å². The Hall–Kier alpha value is -3.24. The van der Waals surface area contributed by atoms with Crippen LogP contribution in [-0.4, -0.2) is 35.8 Å². The van der Waals surface area contributed by atoms with Gasteiger partial charge in [0.2, 0.25) is 0 Å². The zero-order valence-electron chi connectivity index (χ0n) is 17.8. The average molecular weight is 437 g/mol. The lowest BCUT2D eigenvalue weighted by Gasteiger charge is -2.17. The van der Waals surface area contributed by atoms with E-state index in [4.69, 9.17) is 14.7 Å². The minimum atomic E-state index is -0.322. The molecule has 7 heteroatoms. The number of hydrogen-bond acceptors (Lipinski definition) is 6. The normalized spacial score (nSPS) is 14.9. The van der Waals surface area contributed by atoms with Crippen LogP contribution in [0.2, 0.25) is 0 Å². The molecule has 3 rings (SSSR count). The van der Waals surface area contributed by atoms with Gasteiger partial charge in [0, 0.05) is 0 Å². The number of benzene rings is 2. The Morgan fingerprint density at radius 1 is 1.13 bits per heavy atom. The number of nitrogens with zero attached hydrogens (tertiary/aromatic N) is 2. The number of carbonyl (C=O) groups is 2. The van der Waals surface area contributed by atoms with E-state index in [-0.39, 0.29) is 30.9 Å². The Labute approximate surface area is 186 Å². The van der Waals surface area contributed by atoms with Crippen LogP contribution in [-0.2, 0) is 4.79 Å². The zero-order chi connectivity index (χ0) is 22.4. The highest BCUT2D eigenvalue weighted by atomic mass is 32.2. The third kappa shape index (κ3) is 5.68. The monoisotopic (exact) mass is 436 g/mol. The number of nitriles is 1. The molecule has 160 valence electrons. The van der Waals surface area contributed by atoms with Gasteiger partial charge in [-0.2, -0.15) is 5.26 Å². The first-order chi connectivity index (χ1) is 14.9. The van der Waals surface area contributed by atoms with Gasteiger partial charge in [0.25, 0.3) is 11.1 Å². The van der Waals surface area contributed by atoms with Crippen molar-refractivity contribution in [3.63, 3.8) is 0 Å². The van der Waals surface area contributed by atoms with Gasteiger partial charge in [0.1, 0.15) is 24.2 Å². The molecule has 2 amide bonds. The Morgan fingerprint density at radius 3 is 2.55 bits per heavy atom. The molecule has 0 spiro atoms. The third-order valence-corrected chi connectivity index (χ3v) is 5.63. The SMILES string of the molecule is Cc1ccc(C(C)C)c(OCCN2C(=O)S/C(=C\c3ccc(OCC#N)cc3)C2=O)c1. The molecular formula is C24H24N2O4S. The summed E-state index contributed by atoms with van der Waals surface area (Å²) in [7, 11) is 0. The van der Waals surface area contributed by atoms with Gasteiger partial charge in [-0.15, -0.1) is 0 Å². The summed E-state index contributed by atoms with van der Waals surface area (Å²) in [4.78, 5) is 26.6. The molecule has 0 atom stereocenters. The molecule has 0 saturated carbocycles. The Balaban J connectivity index is 1.63. The molecule has 0 unspecified atom stereocenters. The summed E-state index contributed by atoms with van der Waals surface area (Å²) in [6, 6.07) is 15.0. The molecule has 1 fully saturated rings. The summed E-state index contributed by atoms with van der Waals surface area (Å²) in [6.45, 7) is 6.59. The summed E-state index contributed by atoms with van der Waals surface area (Å²) < 4.78 is 11.1. The highest BCUT2D eigenvalue weighted by Crippen LogP contribution is 2.33. The molecule has 1 saturated heterocycles. The van der Waals surface area contributed by atoms with Crippen LogP contribution in [0.4, 0.5) is 4.79 Å². The van der Waals surface area contributed by atoms with E-state index < -0.39 is 0 Å². The van der Waals surface area contributed by atoms with Gasteiger partial charge in [-0.25, -0.2) is 0 Å². The highest BCUT2D eigenvalue weighted by Gasteiger charge is 2.34. The number of hydrogen-bond donors (Lipinski definition) is 0. The quantitative estimate of drug-likeness (QED) is 0.533. The van der Waals surface area contributed by atoms with Crippen LogP contribution in [0.5, 0.6) is 11.5 Å². The van der Waals surface area contributed by atoms with Crippen molar-refractivity contribution >= 4 is 29.0 Å². The van der Waals surface area contributed by atoms with E-state index in [9.17, 15) is 9.59 Å². The molecule has 6 nitrogen and oxygen atoms in total. The molecule has 2 aromatic carbocycles. The molecule has 2 aromatic rings. The van der Waals surface area contributed by atoms with Crippen LogP contribution in [0.1, 0.15) is 36.5 Å². The van der Waals surface area contributed by atoms with E-state index in [0.29, 0.717) is 16.6 Å². The van der Waals surface area contributed by atoms with Crippen LogP contribution < -0.4 is 9.47 Å². The van der Waals surface area contributed by atoms with Gasteiger partial charge in [-0.3, -0.25) is 14.5 Å². The average Bonchev–Trinajstić information content (AvgIpc) is 3.00. The van der Waals surface area contributed by atoms with Crippen molar-refractivity contribution in [2.75, 3.05) is 19.8 Å². The Bertz CT molecular complexity index is 1040. The molecule has 0 radical (unpaired) electrons. The first-order valence-electron chi connectivity index (χ1n) is 9.97. The molecule has 0 N–H and O–H groups in total. The van der Waals surface area contributed by atoms with Crippen molar-refractivity contribution in [2.24, 2.45) is 0 Å². The number of aryl methyl sites for hydroxylation is 1. The number of thioether (sulfide) groups is 1. The molecule has 1 heterocycles. The van der Waals surface area contributed by atoms with E-state index in [1.165, 1.54) is 4.90 Å². The minimum Gasteiger partial charge on any atom is -0.491 e. The molecule has 1 aliphatic rings. The molecule has 1 aliphatic heterocycles. The lowest BCUT2D eigenvalue weighted by molar-refractivity contribution is -0.123. The number of amides is 2. The van der Waals surface area contributed by atoms with E-state index in [1.54, 1.807) is 30.3 Å². The fraction of sp³-hybridized carbons (Fsp3) is 0.292. The lowest BCUT2D eigenvalue weighted by Crippen LogP contribution is -2.32. The second-order valence-electron chi connectivity index (χ2n) is 7.39. The summed E-state index contributed by atoms with van der Waals surface area (Å²) in [6.07, 6.45) is 1.68. The molecule has 0 bridgehead atoms. The van der Waals surface area contributed by atoms with Crippen molar-refractivity contribution in [2.45, 2.75) is 26.7 Å². The van der Waals surface area contributed by atoms with Gasteiger partial charge in [0.05, 0.1) is 11.4 Å². The molecule has 0 aromatic heterocycles. The zero-order valence-corrected chi connectivity index (χ0v) is 18.6. The maximum atomic E-state index is 12.7. The summed E-state index contributed by atoms with van der Waals surface area (Å²) in [5.74, 6) is 1.35. The van der Waals surface area contributed by atoms with Crippen LogP contribution in [0, 0.1) is 18.3 Å². The van der Waals surface area contributed by atoms with Crippen LogP contribution in [0.25, 0.3) is 6.08 Å². The number of rotatable bonds is 8. The smallest absolute Gasteiger partial charge is 0.293 e. The second-order valence-corrected chi connectivity index (χ2v) is 8.39. The van der Waals surface area contributed by atoms with Crippen LogP contribution >= 0.6 is 11.8 Å². The number of imide groups is 1. The van der Waals surface area contributed by atoms with E-state index in [0.717, 1.165) is 34.2 Å². The number of carbonyl (C=O) groups excluding carboxylic acids is 2. The minimum absolute atomic E-state index is 0.0263. The van der Waals surface area contributed by atoms with Crippen molar-refractivity contribution in [3.05, 3.63) is 64.1 Å². The lowest BCUT2D eigenvalue weighted by atomic mass is 10.0. The Morgan fingerprint density at radius 2 is 1.87 bits per heavy atom. The largest absolute Gasteiger partial charge is 0.491 e. The van der Waals surface area contributed by atoms with Crippen molar-refractivity contribution in [3.8, 4) is 17.6 Å². The van der Waals surface area contributed by atoms with Crippen molar-refractivity contribution in [1.82, 2.24) is 4.90 Å². The molecule has 0 aliphatic carbocycles. The van der Waals surface area contributed by atoms with E-state index >= 15 is 0 Å². The summed E-state index contributed by atoms with van der Waals surface area (Å²) in [5.41, 5.74) is 2.96. The fourth-order valence-corrected chi connectivity index (χ4v) is 3.98.